The molecule has 6 heteroatoms. The molecular weight excluding hydrogens is 367 g/mol. The topological polar surface area (TPSA) is 61.0 Å². The first-order valence-corrected chi connectivity index (χ1v) is 10.0. The number of hydrogen-bond donors (Lipinski definition) is 2. The molecule has 1 aliphatic heterocycles. The Labute approximate surface area is 170 Å². The van der Waals surface area contributed by atoms with Crippen molar-refractivity contribution in [2.75, 3.05) is 13.1 Å². The van der Waals surface area contributed by atoms with Crippen LogP contribution in [0.3, 0.4) is 0 Å². The van der Waals surface area contributed by atoms with Crippen molar-refractivity contribution in [3.63, 3.8) is 0 Å². The minimum atomic E-state index is -0.281. The number of nitrogens with zero attached hydrogens (tertiary/aromatic N) is 2. The van der Waals surface area contributed by atoms with Gasteiger partial charge in [-0.2, -0.15) is 0 Å². The number of benzene rings is 1. The molecule has 2 aromatic heterocycles. The number of aromatic nitrogens is 2. The molecule has 0 bridgehead atoms. The summed E-state index contributed by atoms with van der Waals surface area (Å²) in [6, 6.07) is 12.0. The first kappa shape index (κ1) is 19.3. The lowest BCUT2D eigenvalue weighted by Gasteiger charge is -2.26. The maximum atomic E-state index is 13.5. The van der Waals surface area contributed by atoms with E-state index in [9.17, 15) is 9.18 Å². The third-order valence-electron chi connectivity index (χ3n) is 5.38. The Balaban J connectivity index is 1.60. The molecule has 1 aromatic carbocycles. The average molecular weight is 392 g/mol. The molecule has 0 aliphatic carbocycles. The fraction of sp³-hybridized carbons (Fsp3) is 0.304. The molecule has 29 heavy (non-hydrogen) atoms. The van der Waals surface area contributed by atoms with Crippen LogP contribution in [0, 0.1) is 5.82 Å². The molecular formula is C23H25FN4O. The maximum absolute atomic E-state index is 13.5. The number of amides is 1. The van der Waals surface area contributed by atoms with Gasteiger partial charge in [0, 0.05) is 49.8 Å². The molecule has 1 unspecified atom stereocenters. The number of aromatic amines is 1. The molecule has 0 saturated carbocycles. The van der Waals surface area contributed by atoms with Crippen molar-refractivity contribution < 1.29 is 9.18 Å². The molecule has 3 aromatic rings. The Bertz CT molecular complexity index is 933. The van der Waals surface area contributed by atoms with Crippen molar-refractivity contribution in [3.8, 4) is 0 Å². The number of nitrogens with one attached hydrogen (secondary N) is 2. The second kappa shape index (κ2) is 9.01. The van der Waals surface area contributed by atoms with E-state index in [1.54, 1.807) is 29.4 Å². The van der Waals surface area contributed by atoms with E-state index in [4.69, 9.17) is 0 Å². The van der Waals surface area contributed by atoms with Crippen LogP contribution in [0.4, 0.5) is 4.39 Å². The van der Waals surface area contributed by atoms with Gasteiger partial charge in [0.25, 0.3) is 5.91 Å². The van der Waals surface area contributed by atoms with Gasteiger partial charge in [-0.25, -0.2) is 4.39 Å². The van der Waals surface area contributed by atoms with Crippen molar-refractivity contribution in [2.24, 2.45) is 0 Å². The smallest absolute Gasteiger partial charge is 0.256 e. The van der Waals surface area contributed by atoms with Crippen molar-refractivity contribution in [2.45, 2.75) is 31.8 Å². The second-order valence-electron chi connectivity index (χ2n) is 7.50. The molecule has 1 atom stereocenters. The van der Waals surface area contributed by atoms with E-state index in [0.717, 1.165) is 42.8 Å². The molecule has 0 radical (unpaired) electrons. The largest absolute Gasteiger partial charge is 0.364 e. The van der Waals surface area contributed by atoms with E-state index in [1.807, 2.05) is 24.4 Å². The van der Waals surface area contributed by atoms with Crippen LogP contribution in [0.5, 0.6) is 0 Å². The minimum absolute atomic E-state index is 0.0278. The minimum Gasteiger partial charge on any atom is -0.364 e. The van der Waals surface area contributed by atoms with Crippen LogP contribution >= 0.6 is 0 Å². The summed E-state index contributed by atoms with van der Waals surface area (Å²) in [6.07, 6.45) is 7.50. The normalized spacial score (nSPS) is 16.5. The lowest BCUT2D eigenvalue weighted by Crippen LogP contribution is -2.33. The van der Waals surface area contributed by atoms with Crippen molar-refractivity contribution in [1.82, 2.24) is 20.2 Å². The van der Waals surface area contributed by atoms with Gasteiger partial charge in [0.1, 0.15) is 5.82 Å². The third kappa shape index (κ3) is 4.71. The van der Waals surface area contributed by atoms with Gasteiger partial charge in [0.05, 0.1) is 5.56 Å². The summed E-state index contributed by atoms with van der Waals surface area (Å²) in [7, 11) is 0. The van der Waals surface area contributed by atoms with Crippen molar-refractivity contribution in [1.29, 1.82) is 0 Å². The lowest BCUT2D eigenvalue weighted by molar-refractivity contribution is 0.0728. The number of piperidine rings is 1. The molecule has 1 aliphatic rings. The summed E-state index contributed by atoms with van der Waals surface area (Å²) in [5.41, 5.74) is 3.56. The number of H-pyrrole nitrogens is 1. The van der Waals surface area contributed by atoms with Gasteiger partial charge in [0.2, 0.25) is 0 Å². The highest BCUT2D eigenvalue weighted by Crippen LogP contribution is 2.27. The molecule has 1 saturated heterocycles. The molecule has 1 amide bonds. The number of pyridine rings is 1. The van der Waals surface area contributed by atoms with Crippen LogP contribution in [0.15, 0.2) is 61.1 Å². The fourth-order valence-electron chi connectivity index (χ4n) is 3.90. The van der Waals surface area contributed by atoms with Crippen LogP contribution in [0.1, 0.15) is 45.9 Å². The zero-order chi connectivity index (χ0) is 20.1. The highest BCUT2D eigenvalue weighted by atomic mass is 19.1. The quantitative estimate of drug-likeness (QED) is 0.670. The van der Waals surface area contributed by atoms with Gasteiger partial charge in [-0.3, -0.25) is 9.78 Å². The Hall–Kier alpha value is -2.99. The molecule has 5 nitrogen and oxygen atoms in total. The standard InChI is InChI=1S/C23H25FN4O/c24-20-7-5-17(6-8-20)15-28(16-18-3-1-10-25-13-18)23(29)21-9-12-27-22(21)19-4-2-11-26-14-19/h1,3,5-10,12-13,19,26-27H,2,4,11,14-16H2. The van der Waals surface area contributed by atoms with Crippen LogP contribution in [-0.2, 0) is 13.1 Å². The van der Waals surface area contributed by atoms with E-state index < -0.39 is 0 Å². The molecule has 3 heterocycles. The first-order chi connectivity index (χ1) is 14.2. The van der Waals surface area contributed by atoms with Crippen molar-refractivity contribution in [3.05, 3.63) is 89.3 Å². The van der Waals surface area contributed by atoms with E-state index in [-0.39, 0.29) is 11.7 Å². The number of halogens is 1. The van der Waals surface area contributed by atoms with Gasteiger partial charge >= 0.3 is 0 Å². The number of carbonyl (C=O) groups is 1. The predicted molar refractivity (Wildman–Crippen MR) is 110 cm³/mol. The Kier molecular flexibility index (Phi) is 6.00. The highest BCUT2D eigenvalue weighted by Gasteiger charge is 2.25. The SMILES string of the molecule is O=C(c1cc[nH]c1C1CCCNC1)N(Cc1ccc(F)cc1)Cc1cccnc1. The van der Waals surface area contributed by atoms with Gasteiger partial charge in [0.15, 0.2) is 0 Å². The number of carbonyl (C=O) groups excluding carboxylic acids is 1. The van der Waals surface area contributed by atoms with E-state index in [2.05, 4.69) is 15.3 Å². The average Bonchev–Trinajstić information content (AvgIpc) is 3.26. The van der Waals surface area contributed by atoms with Crippen LogP contribution in [-0.4, -0.2) is 33.9 Å². The van der Waals surface area contributed by atoms with Gasteiger partial charge in [-0.05, 0) is 54.8 Å². The van der Waals surface area contributed by atoms with E-state index in [0.29, 0.717) is 24.6 Å². The van der Waals surface area contributed by atoms with Crippen molar-refractivity contribution >= 4 is 5.91 Å². The summed E-state index contributed by atoms with van der Waals surface area (Å²) in [5.74, 6) is 0.000342. The fourth-order valence-corrected chi connectivity index (χ4v) is 3.90. The maximum Gasteiger partial charge on any atom is 0.256 e. The van der Waals surface area contributed by atoms with E-state index in [1.165, 1.54) is 12.1 Å². The molecule has 4 rings (SSSR count). The summed E-state index contributed by atoms with van der Waals surface area (Å²) in [5, 5.41) is 3.41. The van der Waals surface area contributed by atoms with Crippen LogP contribution in [0.25, 0.3) is 0 Å². The van der Waals surface area contributed by atoms with Gasteiger partial charge in [-0.1, -0.05) is 18.2 Å². The van der Waals surface area contributed by atoms with E-state index >= 15 is 0 Å². The Morgan fingerprint density at radius 2 is 1.97 bits per heavy atom. The molecule has 1 fully saturated rings. The second-order valence-corrected chi connectivity index (χ2v) is 7.50. The first-order valence-electron chi connectivity index (χ1n) is 10.0. The highest BCUT2D eigenvalue weighted by molar-refractivity contribution is 5.95. The Morgan fingerprint density at radius 3 is 2.69 bits per heavy atom. The van der Waals surface area contributed by atoms with Gasteiger partial charge < -0.3 is 15.2 Å². The predicted octanol–water partition coefficient (Wildman–Crippen LogP) is 3.86. The summed E-state index contributed by atoms with van der Waals surface area (Å²) < 4.78 is 13.3. The summed E-state index contributed by atoms with van der Waals surface area (Å²) in [6.45, 7) is 2.75. The zero-order valence-corrected chi connectivity index (χ0v) is 16.3. The lowest BCUT2D eigenvalue weighted by atomic mass is 9.93. The molecule has 2 N–H and O–H groups in total. The third-order valence-corrected chi connectivity index (χ3v) is 5.38. The van der Waals surface area contributed by atoms with Crippen LogP contribution in [0.2, 0.25) is 0 Å². The Morgan fingerprint density at radius 1 is 1.14 bits per heavy atom. The monoisotopic (exact) mass is 392 g/mol. The number of hydrogen-bond acceptors (Lipinski definition) is 3. The van der Waals surface area contributed by atoms with Gasteiger partial charge in [-0.15, -0.1) is 0 Å². The molecule has 150 valence electrons. The summed E-state index contributed by atoms with van der Waals surface area (Å²) in [4.78, 5) is 22.8. The van der Waals surface area contributed by atoms with Crippen LogP contribution < -0.4 is 5.32 Å². The summed E-state index contributed by atoms with van der Waals surface area (Å²) >= 11 is 0. The number of rotatable bonds is 6. The zero-order valence-electron chi connectivity index (χ0n) is 16.3. The molecule has 0 spiro atoms.